The summed E-state index contributed by atoms with van der Waals surface area (Å²) in [7, 11) is 0. The zero-order valence-corrected chi connectivity index (χ0v) is 22.2. The third-order valence-corrected chi connectivity index (χ3v) is 5.99. The summed E-state index contributed by atoms with van der Waals surface area (Å²) in [6.07, 6.45) is -0.624. The summed E-state index contributed by atoms with van der Waals surface area (Å²) >= 11 is 0. The zero-order valence-electron chi connectivity index (χ0n) is 22.2. The quantitative estimate of drug-likeness (QED) is 0.374. The Kier molecular flexibility index (Phi) is 7.38. The molecule has 0 radical (unpaired) electrons. The Morgan fingerprint density at radius 1 is 1.08 bits per heavy atom. The Hall–Kier alpha value is -4.07. The van der Waals surface area contributed by atoms with Crippen molar-refractivity contribution >= 4 is 23.6 Å². The largest absolute Gasteiger partial charge is 0.457 e. The van der Waals surface area contributed by atoms with Crippen LogP contribution in [-0.2, 0) is 11.3 Å². The van der Waals surface area contributed by atoms with Crippen molar-refractivity contribution in [3.63, 3.8) is 0 Å². The topological polar surface area (TPSA) is 92.8 Å². The second-order valence-corrected chi connectivity index (χ2v) is 10.2. The first kappa shape index (κ1) is 26.0. The van der Waals surface area contributed by atoms with Crippen LogP contribution in [0.15, 0.2) is 54.6 Å². The molecule has 3 aromatic rings. The maximum absolute atomic E-state index is 12.9. The van der Waals surface area contributed by atoms with Crippen LogP contribution in [0.1, 0.15) is 67.7 Å². The molecule has 37 heavy (non-hydrogen) atoms. The highest BCUT2D eigenvalue weighted by Gasteiger charge is 2.31. The van der Waals surface area contributed by atoms with Gasteiger partial charge in [0.25, 0.3) is 5.91 Å². The van der Waals surface area contributed by atoms with Gasteiger partial charge in [0, 0.05) is 18.2 Å². The minimum Gasteiger partial charge on any atom is -0.457 e. The minimum absolute atomic E-state index is 0.0829. The van der Waals surface area contributed by atoms with Crippen LogP contribution in [0.4, 0.5) is 16.4 Å². The summed E-state index contributed by atoms with van der Waals surface area (Å²) in [5, 5.41) is 6.11. The Morgan fingerprint density at radius 2 is 1.70 bits per heavy atom. The zero-order chi connectivity index (χ0) is 26.7. The molecule has 4 rings (SSSR count). The molecular weight excluding hydrogens is 468 g/mol. The second kappa shape index (κ2) is 10.5. The number of carbonyl (C=O) groups excluding carboxylic acids is 2. The predicted octanol–water partition coefficient (Wildman–Crippen LogP) is 6.68. The number of carbonyl (C=O) groups is 2. The van der Waals surface area contributed by atoms with Crippen LogP contribution >= 0.6 is 0 Å². The Bertz CT molecular complexity index is 1280. The van der Waals surface area contributed by atoms with Gasteiger partial charge in [-0.1, -0.05) is 29.8 Å². The van der Waals surface area contributed by atoms with Crippen LogP contribution in [0.5, 0.6) is 11.5 Å². The normalized spacial score (nSPS) is 13.7. The number of amides is 2. The van der Waals surface area contributed by atoms with Crippen LogP contribution in [0, 0.1) is 6.92 Å². The molecule has 2 amide bonds. The summed E-state index contributed by atoms with van der Waals surface area (Å²) in [5.74, 6) is 2.26. The number of hydrogen-bond acceptors (Lipinski definition) is 6. The molecule has 8 heteroatoms. The van der Waals surface area contributed by atoms with Crippen LogP contribution in [0.25, 0.3) is 0 Å². The molecule has 1 aromatic heterocycles. The van der Waals surface area contributed by atoms with E-state index in [1.165, 1.54) is 5.56 Å². The second-order valence-electron chi connectivity index (χ2n) is 10.2. The summed E-state index contributed by atoms with van der Waals surface area (Å²) in [4.78, 5) is 31.7. The van der Waals surface area contributed by atoms with Crippen molar-refractivity contribution in [1.82, 2.24) is 9.88 Å². The number of nitrogens with one attached hydrogen (secondary N) is 2. The highest BCUT2D eigenvalue weighted by molar-refractivity contribution is 6.01. The van der Waals surface area contributed by atoms with Gasteiger partial charge < -0.3 is 19.7 Å². The monoisotopic (exact) mass is 502 g/mol. The van der Waals surface area contributed by atoms with E-state index in [0.717, 1.165) is 22.6 Å². The van der Waals surface area contributed by atoms with Crippen molar-refractivity contribution in [1.29, 1.82) is 0 Å². The number of benzene rings is 2. The molecule has 0 saturated heterocycles. The van der Waals surface area contributed by atoms with E-state index in [1.54, 1.807) is 31.7 Å². The first-order valence-corrected chi connectivity index (χ1v) is 12.5. The molecule has 2 N–H and O–H groups in total. The summed E-state index contributed by atoms with van der Waals surface area (Å²) < 4.78 is 11.3. The van der Waals surface area contributed by atoms with E-state index >= 15 is 0 Å². The molecule has 194 valence electrons. The fraction of sp³-hybridized carbons (Fsp3) is 0.345. The highest BCUT2D eigenvalue weighted by atomic mass is 16.6. The number of hydrogen-bond donors (Lipinski definition) is 2. The number of rotatable bonds is 7. The molecule has 1 aliphatic heterocycles. The fourth-order valence-corrected chi connectivity index (χ4v) is 4.06. The molecule has 0 saturated carbocycles. The molecule has 0 spiro atoms. The molecule has 1 atom stereocenters. The SMILES string of the molecule is CCN1Cc2c(cc(NC(=O)OC(C)(C)C)nc2N[C@@H](C)c2ccc(Oc3ccc(C)cc3)cc2)C1=O. The van der Waals surface area contributed by atoms with E-state index in [2.05, 4.69) is 15.6 Å². The Labute approximate surface area is 218 Å². The molecule has 0 fully saturated rings. The fourth-order valence-electron chi connectivity index (χ4n) is 4.06. The number of aryl methyl sites for hydroxylation is 1. The van der Waals surface area contributed by atoms with Crippen LogP contribution in [0.3, 0.4) is 0 Å². The van der Waals surface area contributed by atoms with Crippen molar-refractivity contribution < 1.29 is 19.1 Å². The number of pyridine rings is 1. The lowest BCUT2D eigenvalue weighted by molar-refractivity contribution is 0.0634. The van der Waals surface area contributed by atoms with E-state index in [-0.39, 0.29) is 17.8 Å². The first-order chi connectivity index (χ1) is 17.5. The third kappa shape index (κ3) is 6.39. The molecule has 2 heterocycles. The molecule has 0 aliphatic carbocycles. The first-order valence-electron chi connectivity index (χ1n) is 12.5. The molecule has 2 aromatic carbocycles. The van der Waals surface area contributed by atoms with E-state index in [4.69, 9.17) is 9.47 Å². The summed E-state index contributed by atoms with van der Waals surface area (Å²) in [6.45, 7) is 12.4. The van der Waals surface area contributed by atoms with Gasteiger partial charge in [-0.25, -0.2) is 9.78 Å². The van der Waals surface area contributed by atoms with Gasteiger partial charge in [0.1, 0.15) is 28.7 Å². The van der Waals surface area contributed by atoms with Crippen LogP contribution in [0.2, 0.25) is 0 Å². The van der Waals surface area contributed by atoms with E-state index < -0.39 is 11.7 Å². The van der Waals surface area contributed by atoms with Gasteiger partial charge in [-0.15, -0.1) is 0 Å². The average Bonchev–Trinajstić information content (AvgIpc) is 3.15. The van der Waals surface area contributed by atoms with E-state index in [1.807, 2.05) is 69.3 Å². The standard InChI is InChI=1S/C29H34N4O4/c1-7-33-17-24-23(27(33)34)16-25(32-28(35)37-29(4,5)6)31-26(24)30-19(3)20-10-14-22(15-11-20)36-21-12-8-18(2)9-13-21/h8-16,19H,7,17H2,1-6H3,(H2,30,31,32,35)/t19-/m0/s1. The lowest BCUT2D eigenvalue weighted by Gasteiger charge is -2.21. The van der Waals surface area contributed by atoms with Gasteiger partial charge in [-0.05, 0) is 77.4 Å². The third-order valence-electron chi connectivity index (χ3n) is 5.99. The maximum atomic E-state index is 12.9. The average molecular weight is 503 g/mol. The Balaban J connectivity index is 1.54. The van der Waals surface area contributed by atoms with Crippen molar-refractivity contribution in [3.8, 4) is 11.5 Å². The molecule has 0 unspecified atom stereocenters. The molecule has 1 aliphatic rings. The van der Waals surface area contributed by atoms with Gasteiger partial charge in [0.2, 0.25) is 0 Å². The lowest BCUT2D eigenvalue weighted by Crippen LogP contribution is -2.27. The van der Waals surface area contributed by atoms with Gasteiger partial charge in [-0.3, -0.25) is 10.1 Å². The van der Waals surface area contributed by atoms with Crippen molar-refractivity contribution in [3.05, 3.63) is 76.9 Å². The maximum Gasteiger partial charge on any atom is 0.413 e. The van der Waals surface area contributed by atoms with Gasteiger partial charge >= 0.3 is 6.09 Å². The summed E-state index contributed by atoms with van der Waals surface area (Å²) in [5.41, 5.74) is 2.89. The number of fused-ring (bicyclic) bond motifs is 1. The van der Waals surface area contributed by atoms with Gasteiger partial charge in [-0.2, -0.15) is 0 Å². The lowest BCUT2D eigenvalue weighted by atomic mass is 10.1. The van der Waals surface area contributed by atoms with E-state index in [0.29, 0.717) is 24.5 Å². The number of aromatic nitrogens is 1. The predicted molar refractivity (Wildman–Crippen MR) is 144 cm³/mol. The van der Waals surface area contributed by atoms with Gasteiger partial charge in [0.15, 0.2) is 0 Å². The van der Waals surface area contributed by atoms with Crippen LogP contribution in [-0.4, -0.2) is 34.0 Å². The number of anilines is 2. The van der Waals surface area contributed by atoms with E-state index in [9.17, 15) is 9.59 Å². The van der Waals surface area contributed by atoms with Crippen molar-refractivity contribution in [2.24, 2.45) is 0 Å². The molecule has 8 nitrogen and oxygen atoms in total. The van der Waals surface area contributed by atoms with Crippen molar-refractivity contribution in [2.75, 3.05) is 17.2 Å². The molecule has 0 bridgehead atoms. The molecular formula is C29H34N4O4. The van der Waals surface area contributed by atoms with Crippen LogP contribution < -0.4 is 15.4 Å². The highest BCUT2D eigenvalue weighted by Crippen LogP contribution is 2.33. The van der Waals surface area contributed by atoms with Crippen molar-refractivity contribution in [2.45, 2.75) is 59.7 Å². The van der Waals surface area contributed by atoms with Gasteiger partial charge in [0.05, 0.1) is 12.1 Å². The minimum atomic E-state index is -0.652. The number of nitrogens with zero attached hydrogens (tertiary/aromatic N) is 2. The summed E-state index contributed by atoms with van der Waals surface area (Å²) in [6, 6.07) is 17.2. The Morgan fingerprint density at radius 3 is 2.30 bits per heavy atom. The smallest absolute Gasteiger partial charge is 0.413 e. The number of ether oxygens (including phenoxy) is 2.